The van der Waals surface area contributed by atoms with Gasteiger partial charge in [0.25, 0.3) is 0 Å². The Kier molecular flexibility index (Phi) is 2.47. The van der Waals surface area contributed by atoms with Crippen LogP contribution in [0.15, 0.2) is 30.3 Å². The van der Waals surface area contributed by atoms with E-state index in [1.54, 1.807) is 0 Å². The number of hydrogen-bond acceptors (Lipinski definition) is 3. The molecular weight excluding hydrogens is 246 g/mol. The Hall–Kier alpha value is -2.08. The highest BCUT2D eigenvalue weighted by Crippen LogP contribution is 2.61. The molecule has 1 aromatic heterocycles. The lowest BCUT2D eigenvalue weighted by Crippen LogP contribution is -2.18. The topological polar surface area (TPSA) is 48.7 Å². The van der Waals surface area contributed by atoms with Gasteiger partial charge in [-0.25, -0.2) is 4.98 Å². The van der Waals surface area contributed by atoms with Gasteiger partial charge in [-0.15, -0.1) is 0 Å². The average molecular weight is 263 g/mol. The maximum Gasteiger partial charge on any atom is 0.144 e. The second kappa shape index (κ2) is 4.21. The molecule has 1 heterocycles. The van der Waals surface area contributed by atoms with E-state index < -0.39 is 0 Å². The van der Waals surface area contributed by atoms with Crippen LogP contribution in [0, 0.1) is 22.7 Å². The maximum absolute atomic E-state index is 9.31. The van der Waals surface area contributed by atoms with E-state index >= 15 is 0 Å². The van der Waals surface area contributed by atoms with Crippen molar-refractivity contribution in [3.63, 3.8) is 0 Å². The van der Waals surface area contributed by atoms with Gasteiger partial charge >= 0.3 is 0 Å². The maximum atomic E-state index is 9.31. The van der Waals surface area contributed by atoms with Gasteiger partial charge in [-0.2, -0.15) is 5.26 Å². The summed E-state index contributed by atoms with van der Waals surface area (Å²) in [6.07, 6.45) is 5.44. The van der Waals surface area contributed by atoms with E-state index in [2.05, 4.69) is 16.4 Å². The monoisotopic (exact) mass is 263 g/mol. The molecule has 2 saturated carbocycles. The van der Waals surface area contributed by atoms with E-state index in [0.29, 0.717) is 11.0 Å². The molecule has 2 fully saturated rings. The molecule has 0 amide bonds. The highest BCUT2D eigenvalue weighted by Gasteiger charge is 2.53. The predicted molar refractivity (Wildman–Crippen MR) is 79.3 cm³/mol. The summed E-state index contributed by atoms with van der Waals surface area (Å²) in [5.74, 6) is 1.67. The van der Waals surface area contributed by atoms with Crippen LogP contribution in [0.4, 0.5) is 5.82 Å². The third kappa shape index (κ3) is 1.92. The molecule has 100 valence electrons. The van der Waals surface area contributed by atoms with E-state index in [4.69, 9.17) is 0 Å². The summed E-state index contributed by atoms with van der Waals surface area (Å²) in [6.45, 7) is 0.970. The lowest BCUT2D eigenvalue weighted by atomic mass is 10.0. The number of nitrogens with one attached hydrogen (secondary N) is 1. The van der Waals surface area contributed by atoms with Crippen LogP contribution < -0.4 is 5.32 Å². The van der Waals surface area contributed by atoms with Crippen LogP contribution in [0.5, 0.6) is 0 Å². The molecule has 0 radical (unpaired) electrons. The quantitative estimate of drug-likeness (QED) is 0.914. The first-order chi connectivity index (χ1) is 9.81. The number of anilines is 1. The van der Waals surface area contributed by atoms with Crippen molar-refractivity contribution in [1.82, 2.24) is 4.98 Å². The Morgan fingerprint density at radius 2 is 2.10 bits per heavy atom. The number of benzene rings is 1. The van der Waals surface area contributed by atoms with E-state index in [0.717, 1.165) is 29.2 Å². The Balaban J connectivity index is 1.63. The van der Waals surface area contributed by atoms with Crippen LogP contribution in [0.2, 0.25) is 0 Å². The normalized spacial score (nSPS) is 19.6. The van der Waals surface area contributed by atoms with Crippen LogP contribution in [-0.4, -0.2) is 11.5 Å². The van der Waals surface area contributed by atoms with Gasteiger partial charge in [-0.05, 0) is 49.1 Å². The second-order valence-electron chi connectivity index (χ2n) is 6.18. The molecule has 3 heteroatoms. The summed E-state index contributed by atoms with van der Waals surface area (Å²) in [5, 5.41) is 13.8. The number of fused-ring (bicyclic) bond motifs is 1. The lowest BCUT2D eigenvalue weighted by molar-refractivity contribution is 0.466. The minimum Gasteiger partial charge on any atom is -0.368 e. The summed E-state index contributed by atoms with van der Waals surface area (Å²) in [6, 6.07) is 12.2. The number of aromatic nitrogens is 1. The molecule has 0 saturated heterocycles. The highest BCUT2D eigenvalue weighted by atomic mass is 15.0. The Morgan fingerprint density at radius 1 is 1.30 bits per heavy atom. The van der Waals surface area contributed by atoms with Gasteiger partial charge < -0.3 is 5.32 Å². The number of nitriles is 1. The van der Waals surface area contributed by atoms with Gasteiger partial charge in [0.15, 0.2) is 0 Å². The second-order valence-corrected chi connectivity index (χ2v) is 6.18. The van der Waals surface area contributed by atoms with Crippen molar-refractivity contribution in [2.24, 2.45) is 11.3 Å². The number of hydrogen-bond donors (Lipinski definition) is 1. The fourth-order valence-corrected chi connectivity index (χ4v) is 3.18. The van der Waals surface area contributed by atoms with Crippen molar-refractivity contribution >= 4 is 16.7 Å². The molecule has 0 bridgehead atoms. The van der Waals surface area contributed by atoms with Crippen molar-refractivity contribution in [1.29, 1.82) is 5.26 Å². The summed E-state index contributed by atoms with van der Waals surface area (Å²) < 4.78 is 0. The molecule has 0 spiro atoms. The van der Waals surface area contributed by atoms with Gasteiger partial charge in [0, 0.05) is 11.9 Å². The van der Waals surface area contributed by atoms with Gasteiger partial charge in [-0.1, -0.05) is 18.2 Å². The van der Waals surface area contributed by atoms with Gasteiger partial charge in [0.1, 0.15) is 11.9 Å². The van der Waals surface area contributed by atoms with E-state index in [9.17, 15) is 5.26 Å². The zero-order valence-electron chi connectivity index (χ0n) is 11.4. The third-order valence-electron chi connectivity index (χ3n) is 4.79. The SMILES string of the molecule is N#Cc1cc2ccccc2nc1NCC1(C2CC2)CC1. The first kappa shape index (κ1) is 11.7. The Bertz CT molecular complexity index is 706. The number of pyridine rings is 1. The minimum absolute atomic E-state index is 0.514. The molecule has 0 aliphatic heterocycles. The standard InChI is InChI=1S/C17H17N3/c18-10-13-9-12-3-1-2-4-15(12)20-16(13)19-11-17(7-8-17)14-5-6-14/h1-4,9,14H,5-8,11H2,(H,19,20). The smallest absolute Gasteiger partial charge is 0.144 e. The number of nitrogens with zero attached hydrogens (tertiary/aromatic N) is 2. The molecule has 1 aromatic carbocycles. The fourth-order valence-electron chi connectivity index (χ4n) is 3.18. The summed E-state index contributed by atoms with van der Waals surface area (Å²) >= 11 is 0. The average Bonchev–Trinajstić information content (AvgIpc) is 3.37. The molecule has 0 unspecified atom stereocenters. The molecule has 2 aromatic rings. The van der Waals surface area contributed by atoms with Gasteiger partial charge in [0.05, 0.1) is 11.1 Å². The van der Waals surface area contributed by atoms with Crippen LogP contribution >= 0.6 is 0 Å². The Labute approximate surface area is 118 Å². The van der Waals surface area contributed by atoms with Crippen molar-refractivity contribution in [2.45, 2.75) is 25.7 Å². The van der Waals surface area contributed by atoms with Crippen LogP contribution in [0.1, 0.15) is 31.2 Å². The first-order valence-corrected chi connectivity index (χ1v) is 7.34. The third-order valence-corrected chi connectivity index (χ3v) is 4.79. The van der Waals surface area contributed by atoms with Crippen molar-refractivity contribution < 1.29 is 0 Å². The summed E-state index contributed by atoms with van der Waals surface area (Å²) in [5.41, 5.74) is 2.11. The fraction of sp³-hybridized carbons (Fsp3) is 0.412. The van der Waals surface area contributed by atoms with Gasteiger partial charge in [-0.3, -0.25) is 0 Å². The lowest BCUT2D eigenvalue weighted by Gasteiger charge is -2.16. The molecule has 2 aliphatic carbocycles. The number of rotatable bonds is 4. The first-order valence-electron chi connectivity index (χ1n) is 7.34. The molecule has 4 rings (SSSR count). The van der Waals surface area contributed by atoms with Crippen LogP contribution in [0.3, 0.4) is 0 Å². The molecular formula is C17H17N3. The van der Waals surface area contributed by atoms with E-state index in [1.165, 1.54) is 25.7 Å². The van der Waals surface area contributed by atoms with E-state index in [-0.39, 0.29) is 0 Å². The molecule has 20 heavy (non-hydrogen) atoms. The zero-order chi connectivity index (χ0) is 13.6. The van der Waals surface area contributed by atoms with E-state index in [1.807, 2.05) is 30.3 Å². The molecule has 0 atom stereocenters. The highest BCUT2D eigenvalue weighted by molar-refractivity contribution is 5.82. The molecule has 3 nitrogen and oxygen atoms in total. The van der Waals surface area contributed by atoms with Gasteiger partial charge in [0.2, 0.25) is 0 Å². The van der Waals surface area contributed by atoms with Crippen LogP contribution in [-0.2, 0) is 0 Å². The Morgan fingerprint density at radius 3 is 2.80 bits per heavy atom. The van der Waals surface area contributed by atoms with Crippen molar-refractivity contribution in [3.05, 3.63) is 35.9 Å². The summed E-state index contributed by atoms with van der Waals surface area (Å²) in [4.78, 5) is 4.62. The van der Waals surface area contributed by atoms with Crippen LogP contribution in [0.25, 0.3) is 10.9 Å². The van der Waals surface area contributed by atoms with Crippen molar-refractivity contribution in [2.75, 3.05) is 11.9 Å². The molecule has 1 N–H and O–H groups in total. The molecule has 2 aliphatic rings. The van der Waals surface area contributed by atoms with Crippen molar-refractivity contribution in [3.8, 4) is 6.07 Å². The summed E-state index contributed by atoms with van der Waals surface area (Å²) in [7, 11) is 0. The zero-order valence-corrected chi connectivity index (χ0v) is 11.4. The minimum atomic E-state index is 0.514. The number of para-hydroxylation sites is 1. The predicted octanol–water partition coefficient (Wildman–Crippen LogP) is 3.71. The largest absolute Gasteiger partial charge is 0.368 e.